The second-order valence-electron chi connectivity index (χ2n) is 6.69. The summed E-state index contributed by atoms with van der Waals surface area (Å²) in [6, 6.07) is 20.6. The summed E-state index contributed by atoms with van der Waals surface area (Å²) in [6.07, 6.45) is 1.55. The molecule has 0 fully saturated rings. The van der Waals surface area contributed by atoms with E-state index in [1.807, 2.05) is 80.6 Å². The van der Waals surface area contributed by atoms with Crippen molar-refractivity contribution in [1.29, 1.82) is 0 Å². The summed E-state index contributed by atoms with van der Waals surface area (Å²) in [5.41, 5.74) is 6.01. The number of nitrogens with one attached hydrogen (secondary N) is 2. The van der Waals surface area contributed by atoms with E-state index in [2.05, 4.69) is 31.8 Å². The fourth-order valence-corrected chi connectivity index (χ4v) is 3.03. The number of anilines is 1. The lowest BCUT2D eigenvalue weighted by atomic mass is 10.2. The van der Waals surface area contributed by atoms with Gasteiger partial charge in [0.25, 0.3) is 0 Å². The molecule has 2 amide bonds. The Kier molecular flexibility index (Phi) is 8.06. The van der Waals surface area contributed by atoms with Gasteiger partial charge in [-0.05, 0) is 66.9 Å². The van der Waals surface area contributed by atoms with E-state index in [0.717, 1.165) is 26.9 Å². The number of urea groups is 1. The minimum Gasteiger partial charge on any atom is -0.490 e. The molecule has 0 saturated carbocycles. The number of hydrogen-bond donors (Lipinski definition) is 2. The molecule has 0 aliphatic heterocycles. The molecule has 3 aromatic carbocycles. The van der Waals surface area contributed by atoms with Crippen molar-refractivity contribution in [2.45, 2.75) is 20.5 Å². The standard InChI is InChI=1S/C24H24BrN3O3/c1-3-30-23-14-19(10-13-22(23)31-16-18-8-11-20(25)12-9-18)15-26-28-24(29)27-21-7-5-4-6-17(21)2/h4-15H,3,16H2,1-2H3,(H2,27,28,29). The van der Waals surface area contributed by atoms with Crippen molar-refractivity contribution in [1.82, 2.24) is 5.43 Å². The molecule has 0 aromatic heterocycles. The average Bonchev–Trinajstić information content (AvgIpc) is 2.76. The minimum absolute atomic E-state index is 0.412. The summed E-state index contributed by atoms with van der Waals surface area (Å²) < 4.78 is 12.7. The monoisotopic (exact) mass is 481 g/mol. The first-order chi connectivity index (χ1) is 15.0. The van der Waals surface area contributed by atoms with Crippen LogP contribution in [0, 0.1) is 6.92 Å². The average molecular weight is 482 g/mol. The number of ether oxygens (including phenoxy) is 2. The Morgan fingerprint density at radius 2 is 1.81 bits per heavy atom. The third-order valence-electron chi connectivity index (χ3n) is 4.35. The summed E-state index contributed by atoms with van der Waals surface area (Å²) in [6.45, 7) is 4.78. The van der Waals surface area contributed by atoms with E-state index in [4.69, 9.17) is 9.47 Å². The van der Waals surface area contributed by atoms with Gasteiger partial charge in [-0.3, -0.25) is 0 Å². The first-order valence-electron chi connectivity index (χ1n) is 9.85. The van der Waals surface area contributed by atoms with E-state index >= 15 is 0 Å². The van der Waals surface area contributed by atoms with Gasteiger partial charge in [-0.15, -0.1) is 0 Å². The molecule has 0 unspecified atom stereocenters. The smallest absolute Gasteiger partial charge is 0.339 e. The Bertz CT molecular complexity index is 1050. The predicted octanol–water partition coefficient (Wildman–Crippen LogP) is 5.89. The highest BCUT2D eigenvalue weighted by Gasteiger charge is 2.07. The van der Waals surface area contributed by atoms with Gasteiger partial charge in [0.2, 0.25) is 0 Å². The van der Waals surface area contributed by atoms with Crippen LogP contribution in [0.3, 0.4) is 0 Å². The molecule has 0 saturated heterocycles. The molecule has 0 bridgehead atoms. The molecular weight excluding hydrogens is 458 g/mol. The summed E-state index contributed by atoms with van der Waals surface area (Å²) in [5.74, 6) is 1.26. The fourth-order valence-electron chi connectivity index (χ4n) is 2.76. The molecule has 7 heteroatoms. The lowest BCUT2D eigenvalue weighted by Gasteiger charge is -2.12. The molecule has 160 valence electrons. The van der Waals surface area contributed by atoms with Crippen molar-refractivity contribution >= 4 is 33.9 Å². The number of nitrogens with zero attached hydrogens (tertiary/aromatic N) is 1. The number of rotatable bonds is 8. The molecule has 31 heavy (non-hydrogen) atoms. The first kappa shape index (κ1) is 22.4. The van der Waals surface area contributed by atoms with Crippen LogP contribution in [0.25, 0.3) is 0 Å². The lowest BCUT2D eigenvalue weighted by Crippen LogP contribution is -2.24. The maximum absolute atomic E-state index is 12.0. The molecule has 6 nitrogen and oxygen atoms in total. The maximum Gasteiger partial charge on any atom is 0.339 e. The Morgan fingerprint density at radius 3 is 2.55 bits per heavy atom. The van der Waals surface area contributed by atoms with Crippen LogP contribution in [-0.4, -0.2) is 18.9 Å². The summed E-state index contributed by atoms with van der Waals surface area (Å²) >= 11 is 3.43. The Balaban J connectivity index is 1.60. The maximum atomic E-state index is 12.0. The number of halogens is 1. The van der Waals surface area contributed by atoms with Crippen molar-refractivity contribution in [2.24, 2.45) is 5.10 Å². The number of carbonyl (C=O) groups is 1. The van der Waals surface area contributed by atoms with E-state index in [-0.39, 0.29) is 0 Å². The van der Waals surface area contributed by atoms with Gasteiger partial charge in [0.1, 0.15) is 6.61 Å². The number of hydrogen-bond acceptors (Lipinski definition) is 4. The molecule has 0 spiro atoms. The van der Waals surface area contributed by atoms with Gasteiger partial charge in [0.05, 0.1) is 12.8 Å². The SMILES string of the molecule is CCOc1cc(C=NNC(=O)Nc2ccccc2C)ccc1OCc1ccc(Br)cc1. The van der Waals surface area contributed by atoms with Gasteiger partial charge in [0, 0.05) is 10.2 Å². The van der Waals surface area contributed by atoms with Crippen LogP contribution in [0.1, 0.15) is 23.6 Å². The van der Waals surface area contributed by atoms with Gasteiger partial charge < -0.3 is 14.8 Å². The molecule has 0 heterocycles. The van der Waals surface area contributed by atoms with Crippen LogP contribution in [0.2, 0.25) is 0 Å². The van der Waals surface area contributed by atoms with E-state index in [0.29, 0.717) is 24.7 Å². The Labute approximate surface area is 190 Å². The van der Waals surface area contributed by atoms with Gasteiger partial charge >= 0.3 is 6.03 Å². The largest absolute Gasteiger partial charge is 0.490 e. The van der Waals surface area contributed by atoms with E-state index < -0.39 is 6.03 Å². The topological polar surface area (TPSA) is 72.0 Å². The summed E-state index contributed by atoms with van der Waals surface area (Å²) in [5, 5.41) is 6.77. The highest BCUT2D eigenvalue weighted by Crippen LogP contribution is 2.29. The van der Waals surface area contributed by atoms with Crippen molar-refractivity contribution in [3.8, 4) is 11.5 Å². The number of carbonyl (C=O) groups excluding carboxylic acids is 1. The minimum atomic E-state index is -0.412. The number of para-hydroxylation sites is 1. The first-order valence-corrected chi connectivity index (χ1v) is 10.6. The molecule has 0 aliphatic rings. The second-order valence-corrected chi connectivity index (χ2v) is 7.61. The van der Waals surface area contributed by atoms with Crippen LogP contribution in [0.4, 0.5) is 10.5 Å². The van der Waals surface area contributed by atoms with Crippen LogP contribution in [0.15, 0.2) is 76.3 Å². The normalized spacial score (nSPS) is 10.7. The van der Waals surface area contributed by atoms with Crippen LogP contribution in [-0.2, 0) is 6.61 Å². The van der Waals surface area contributed by atoms with Crippen molar-refractivity contribution in [3.05, 3.63) is 87.9 Å². The third kappa shape index (κ3) is 6.86. The van der Waals surface area contributed by atoms with Gasteiger partial charge in [-0.1, -0.05) is 46.3 Å². The highest BCUT2D eigenvalue weighted by molar-refractivity contribution is 9.10. The zero-order chi connectivity index (χ0) is 22.1. The van der Waals surface area contributed by atoms with Crippen LogP contribution < -0.4 is 20.2 Å². The lowest BCUT2D eigenvalue weighted by molar-refractivity contribution is 0.252. The van der Waals surface area contributed by atoms with Crippen molar-refractivity contribution in [2.75, 3.05) is 11.9 Å². The number of hydrazone groups is 1. The van der Waals surface area contributed by atoms with E-state index in [1.54, 1.807) is 6.21 Å². The fraction of sp³-hybridized carbons (Fsp3) is 0.167. The van der Waals surface area contributed by atoms with Crippen molar-refractivity contribution in [3.63, 3.8) is 0 Å². The number of benzene rings is 3. The summed E-state index contributed by atoms with van der Waals surface area (Å²) in [7, 11) is 0. The number of aryl methyl sites for hydroxylation is 1. The Morgan fingerprint density at radius 1 is 1.03 bits per heavy atom. The van der Waals surface area contributed by atoms with E-state index in [1.165, 1.54) is 0 Å². The Hall–Kier alpha value is -3.32. The van der Waals surface area contributed by atoms with Crippen LogP contribution >= 0.6 is 15.9 Å². The quantitative estimate of drug-likeness (QED) is 0.311. The third-order valence-corrected chi connectivity index (χ3v) is 4.88. The predicted molar refractivity (Wildman–Crippen MR) is 127 cm³/mol. The second kappa shape index (κ2) is 11.2. The zero-order valence-electron chi connectivity index (χ0n) is 17.4. The van der Waals surface area contributed by atoms with Gasteiger partial charge in [0.15, 0.2) is 11.5 Å². The van der Waals surface area contributed by atoms with Crippen LogP contribution in [0.5, 0.6) is 11.5 Å². The molecule has 3 rings (SSSR count). The van der Waals surface area contributed by atoms with Crippen molar-refractivity contribution < 1.29 is 14.3 Å². The van der Waals surface area contributed by atoms with Gasteiger partial charge in [-0.25, -0.2) is 10.2 Å². The number of amides is 2. The molecular formula is C24H24BrN3O3. The molecule has 0 atom stereocenters. The molecule has 0 radical (unpaired) electrons. The molecule has 2 N–H and O–H groups in total. The zero-order valence-corrected chi connectivity index (χ0v) is 19.0. The molecule has 0 aliphatic carbocycles. The van der Waals surface area contributed by atoms with E-state index in [9.17, 15) is 4.79 Å². The summed E-state index contributed by atoms with van der Waals surface area (Å²) in [4.78, 5) is 12.0. The molecule has 3 aromatic rings. The van der Waals surface area contributed by atoms with Gasteiger partial charge in [-0.2, -0.15) is 5.10 Å². The highest BCUT2D eigenvalue weighted by atomic mass is 79.9.